The first kappa shape index (κ1) is 16.6. The van der Waals surface area contributed by atoms with Crippen molar-refractivity contribution < 1.29 is 19.0 Å². The standard InChI is InChI=1S/C16H21FO3/c1-16(2,3)20-10-9-19-12-14-6-7-15(17)11-13(14)5-4-8-18/h6-7,11,18H,8-10,12H2,1-3H3. The average molecular weight is 280 g/mol. The Morgan fingerprint density at radius 1 is 1.25 bits per heavy atom. The highest BCUT2D eigenvalue weighted by molar-refractivity contribution is 5.41. The molecule has 0 aliphatic rings. The lowest BCUT2D eigenvalue weighted by molar-refractivity contribution is -0.0377. The van der Waals surface area contributed by atoms with Gasteiger partial charge in [0, 0.05) is 5.56 Å². The number of aliphatic hydroxyl groups excluding tert-OH is 1. The number of hydrogen-bond donors (Lipinski definition) is 1. The molecule has 1 N–H and O–H groups in total. The van der Waals surface area contributed by atoms with Crippen molar-refractivity contribution in [3.63, 3.8) is 0 Å². The molecular weight excluding hydrogens is 259 g/mol. The maximum Gasteiger partial charge on any atom is 0.124 e. The first-order valence-corrected chi connectivity index (χ1v) is 6.52. The van der Waals surface area contributed by atoms with Crippen LogP contribution in [-0.4, -0.2) is 30.5 Å². The predicted molar refractivity (Wildman–Crippen MR) is 75.7 cm³/mol. The van der Waals surface area contributed by atoms with Crippen LogP contribution in [-0.2, 0) is 16.1 Å². The molecule has 0 fully saturated rings. The van der Waals surface area contributed by atoms with E-state index in [-0.39, 0.29) is 18.0 Å². The van der Waals surface area contributed by atoms with Gasteiger partial charge in [-0.25, -0.2) is 4.39 Å². The minimum absolute atomic E-state index is 0.184. The Morgan fingerprint density at radius 3 is 2.65 bits per heavy atom. The van der Waals surface area contributed by atoms with Gasteiger partial charge in [-0.3, -0.25) is 0 Å². The predicted octanol–water partition coefficient (Wildman–Crippen LogP) is 2.50. The highest BCUT2D eigenvalue weighted by Crippen LogP contribution is 2.12. The molecule has 1 rings (SSSR count). The normalized spacial score (nSPS) is 11.1. The molecule has 3 nitrogen and oxygen atoms in total. The van der Waals surface area contributed by atoms with Crippen molar-refractivity contribution in [3.05, 3.63) is 35.1 Å². The molecule has 0 radical (unpaired) electrons. The van der Waals surface area contributed by atoms with Crippen molar-refractivity contribution in [1.82, 2.24) is 0 Å². The van der Waals surface area contributed by atoms with Gasteiger partial charge in [0.25, 0.3) is 0 Å². The van der Waals surface area contributed by atoms with Crippen LogP contribution in [0.5, 0.6) is 0 Å². The number of halogens is 1. The van der Waals surface area contributed by atoms with E-state index in [1.54, 1.807) is 6.07 Å². The zero-order valence-corrected chi connectivity index (χ0v) is 12.2. The van der Waals surface area contributed by atoms with Crippen molar-refractivity contribution in [2.45, 2.75) is 33.0 Å². The molecule has 0 aliphatic heterocycles. The summed E-state index contributed by atoms with van der Waals surface area (Å²) in [5, 5.41) is 8.69. The summed E-state index contributed by atoms with van der Waals surface area (Å²) >= 11 is 0. The first-order valence-electron chi connectivity index (χ1n) is 6.52. The van der Waals surface area contributed by atoms with Crippen molar-refractivity contribution >= 4 is 0 Å². The lowest BCUT2D eigenvalue weighted by Crippen LogP contribution is -2.21. The average Bonchev–Trinajstić information content (AvgIpc) is 2.36. The third-order valence-corrected chi connectivity index (χ3v) is 2.39. The van der Waals surface area contributed by atoms with Crippen LogP contribution in [0, 0.1) is 17.7 Å². The van der Waals surface area contributed by atoms with Crippen LogP contribution in [0.3, 0.4) is 0 Å². The number of benzene rings is 1. The lowest BCUT2D eigenvalue weighted by atomic mass is 10.1. The SMILES string of the molecule is CC(C)(C)OCCOCc1ccc(F)cc1C#CCO. The van der Waals surface area contributed by atoms with Gasteiger partial charge in [0.2, 0.25) is 0 Å². The first-order chi connectivity index (χ1) is 9.42. The summed E-state index contributed by atoms with van der Waals surface area (Å²) < 4.78 is 24.2. The molecule has 1 aromatic rings. The Kier molecular flexibility index (Phi) is 6.66. The second kappa shape index (κ2) is 8.01. The second-order valence-electron chi connectivity index (χ2n) is 5.27. The van der Waals surface area contributed by atoms with Crippen LogP contribution in [0.25, 0.3) is 0 Å². The molecule has 0 saturated carbocycles. The quantitative estimate of drug-likeness (QED) is 0.665. The number of rotatable bonds is 5. The summed E-state index contributed by atoms with van der Waals surface area (Å²) in [6, 6.07) is 4.35. The molecule has 20 heavy (non-hydrogen) atoms. The molecule has 0 spiro atoms. The van der Waals surface area contributed by atoms with Crippen LogP contribution in [0.15, 0.2) is 18.2 Å². The molecular formula is C16H21FO3. The maximum atomic E-state index is 13.2. The van der Waals surface area contributed by atoms with E-state index in [0.717, 1.165) is 5.56 Å². The second-order valence-corrected chi connectivity index (χ2v) is 5.27. The smallest absolute Gasteiger partial charge is 0.124 e. The van der Waals surface area contributed by atoms with E-state index in [1.807, 2.05) is 20.8 Å². The van der Waals surface area contributed by atoms with Gasteiger partial charge in [-0.1, -0.05) is 17.9 Å². The molecule has 0 amide bonds. The number of ether oxygens (including phenoxy) is 2. The van der Waals surface area contributed by atoms with E-state index in [4.69, 9.17) is 14.6 Å². The Bertz CT molecular complexity index is 481. The highest BCUT2D eigenvalue weighted by Gasteiger charge is 2.09. The molecule has 0 heterocycles. The van der Waals surface area contributed by atoms with Gasteiger partial charge in [-0.2, -0.15) is 0 Å². The largest absolute Gasteiger partial charge is 0.384 e. The summed E-state index contributed by atoms with van der Waals surface area (Å²) in [5.74, 6) is 4.88. The number of hydrogen-bond acceptors (Lipinski definition) is 3. The zero-order valence-electron chi connectivity index (χ0n) is 12.2. The van der Waals surface area contributed by atoms with Crippen molar-refractivity contribution in [2.24, 2.45) is 0 Å². The molecule has 0 atom stereocenters. The number of aliphatic hydroxyl groups is 1. The van der Waals surface area contributed by atoms with Crippen LogP contribution in [0.4, 0.5) is 4.39 Å². The van der Waals surface area contributed by atoms with E-state index >= 15 is 0 Å². The van der Waals surface area contributed by atoms with Gasteiger partial charge >= 0.3 is 0 Å². The van der Waals surface area contributed by atoms with Crippen molar-refractivity contribution in [2.75, 3.05) is 19.8 Å². The topological polar surface area (TPSA) is 38.7 Å². The summed E-state index contributed by atoms with van der Waals surface area (Å²) in [7, 11) is 0. The molecule has 110 valence electrons. The third kappa shape index (κ3) is 6.67. The Balaban J connectivity index is 2.51. The van der Waals surface area contributed by atoms with Crippen molar-refractivity contribution in [1.29, 1.82) is 0 Å². The van der Waals surface area contributed by atoms with E-state index in [2.05, 4.69) is 11.8 Å². The fourth-order valence-electron chi connectivity index (χ4n) is 1.51. The highest BCUT2D eigenvalue weighted by atomic mass is 19.1. The Morgan fingerprint density at radius 2 is 2.00 bits per heavy atom. The van der Waals surface area contributed by atoms with E-state index in [1.165, 1.54) is 12.1 Å². The van der Waals surface area contributed by atoms with Gasteiger partial charge in [-0.15, -0.1) is 0 Å². The fourth-order valence-corrected chi connectivity index (χ4v) is 1.51. The Hall–Kier alpha value is -1.41. The maximum absolute atomic E-state index is 13.2. The lowest BCUT2D eigenvalue weighted by Gasteiger charge is -2.19. The monoisotopic (exact) mass is 280 g/mol. The van der Waals surface area contributed by atoms with E-state index in [9.17, 15) is 4.39 Å². The van der Waals surface area contributed by atoms with Crippen LogP contribution in [0.2, 0.25) is 0 Å². The summed E-state index contributed by atoms with van der Waals surface area (Å²) in [6.45, 7) is 6.99. The molecule has 0 aromatic heterocycles. The zero-order chi connectivity index (χ0) is 15.0. The van der Waals surface area contributed by atoms with Crippen LogP contribution in [0.1, 0.15) is 31.9 Å². The van der Waals surface area contributed by atoms with Gasteiger partial charge < -0.3 is 14.6 Å². The van der Waals surface area contributed by atoms with Gasteiger partial charge in [0.15, 0.2) is 0 Å². The van der Waals surface area contributed by atoms with Crippen LogP contribution >= 0.6 is 0 Å². The molecule has 0 bridgehead atoms. The summed E-state index contributed by atoms with van der Waals surface area (Å²) in [4.78, 5) is 0. The summed E-state index contributed by atoms with van der Waals surface area (Å²) in [5.41, 5.74) is 1.15. The molecule has 0 saturated heterocycles. The molecule has 1 aromatic carbocycles. The van der Waals surface area contributed by atoms with Crippen LogP contribution < -0.4 is 0 Å². The van der Waals surface area contributed by atoms with E-state index < -0.39 is 0 Å². The summed E-state index contributed by atoms with van der Waals surface area (Å²) in [6.07, 6.45) is 0. The minimum atomic E-state index is -0.355. The van der Waals surface area contributed by atoms with Gasteiger partial charge in [0.1, 0.15) is 12.4 Å². The van der Waals surface area contributed by atoms with Gasteiger partial charge in [-0.05, 0) is 38.5 Å². The fraction of sp³-hybridized carbons (Fsp3) is 0.500. The molecule has 4 heteroatoms. The Labute approximate surface area is 119 Å². The van der Waals surface area contributed by atoms with Gasteiger partial charge in [0.05, 0.1) is 25.4 Å². The molecule has 0 aliphatic carbocycles. The third-order valence-electron chi connectivity index (χ3n) is 2.39. The van der Waals surface area contributed by atoms with E-state index in [0.29, 0.717) is 25.4 Å². The van der Waals surface area contributed by atoms with Crippen molar-refractivity contribution in [3.8, 4) is 11.8 Å². The minimum Gasteiger partial charge on any atom is -0.384 e. The molecule has 0 unspecified atom stereocenters.